The third kappa shape index (κ3) is 3.41. The highest BCUT2D eigenvalue weighted by atomic mass is 16.1. The molecule has 0 saturated carbocycles. The number of aldehydes is 1. The maximum absolute atomic E-state index is 10.5. The Bertz CT molecular complexity index is 171. The van der Waals surface area contributed by atoms with Gasteiger partial charge in [-0.3, -0.25) is 0 Å². The molecule has 2 heteroatoms. The molecule has 0 aliphatic carbocycles. The summed E-state index contributed by atoms with van der Waals surface area (Å²) >= 11 is 0. The Morgan fingerprint density at radius 1 is 1.29 bits per heavy atom. The van der Waals surface area contributed by atoms with Gasteiger partial charge in [-0.2, -0.15) is 0 Å². The van der Waals surface area contributed by atoms with E-state index in [0.29, 0.717) is 0 Å². The summed E-state index contributed by atoms with van der Waals surface area (Å²) in [5, 5.41) is 0. The van der Waals surface area contributed by atoms with E-state index in [2.05, 4.69) is 18.7 Å². The van der Waals surface area contributed by atoms with E-state index in [4.69, 9.17) is 0 Å². The van der Waals surface area contributed by atoms with Crippen molar-refractivity contribution in [3.63, 3.8) is 0 Å². The molecule has 1 saturated heterocycles. The highest BCUT2D eigenvalue weighted by Gasteiger charge is 2.21. The van der Waals surface area contributed by atoms with Crippen LogP contribution in [0.1, 0.15) is 33.6 Å². The summed E-state index contributed by atoms with van der Waals surface area (Å²) in [6, 6.07) is 0. The highest BCUT2D eigenvalue weighted by Crippen LogP contribution is 2.24. The third-order valence-electron chi connectivity index (χ3n) is 3.35. The minimum Gasteiger partial charge on any atom is -0.303 e. The Balaban J connectivity index is 2.25. The first-order valence-corrected chi connectivity index (χ1v) is 5.81. The zero-order valence-electron chi connectivity index (χ0n) is 9.70. The SMILES string of the molecule is CC(C=O)CN1CCC(C(C)C)CC1. The first kappa shape index (κ1) is 11.7. The van der Waals surface area contributed by atoms with Crippen molar-refractivity contribution in [2.75, 3.05) is 19.6 Å². The molecule has 1 aliphatic rings. The maximum Gasteiger partial charge on any atom is 0.124 e. The summed E-state index contributed by atoms with van der Waals surface area (Å²) in [4.78, 5) is 13.0. The second-order valence-corrected chi connectivity index (χ2v) is 5.00. The molecule has 14 heavy (non-hydrogen) atoms. The van der Waals surface area contributed by atoms with Gasteiger partial charge in [0.1, 0.15) is 6.29 Å². The lowest BCUT2D eigenvalue weighted by Gasteiger charge is -2.34. The van der Waals surface area contributed by atoms with Crippen molar-refractivity contribution >= 4 is 6.29 Å². The number of carbonyl (C=O) groups excluding carboxylic acids is 1. The molecule has 1 rings (SSSR count). The van der Waals surface area contributed by atoms with Crippen LogP contribution in [0.25, 0.3) is 0 Å². The predicted molar refractivity (Wildman–Crippen MR) is 59.2 cm³/mol. The Labute approximate surface area is 87.7 Å². The number of likely N-dealkylation sites (tertiary alicyclic amines) is 1. The summed E-state index contributed by atoms with van der Waals surface area (Å²) in [5.41, 5.74) is 0. The number of nitrogens with zero attached hydrogens (tertiary/aromatic N) is 1. The van der Waals surface area contributed by atoms with Crippen LogP contribution in [0.2, 0.25) is 0 Å². The molecular weight excluding hydrogens is 174 g/mol. The van der Waals surface area contributed by atoms with E-state index in [-0.39, 0.29) is 5.92 Å². The monoisotopic (exact) mass is 197 g/mol. The molecule has 0 N–H and O–H groups in total. The van der Waals surface area contributed by atoms with Crippen molar-refractivity contribution in [1.82, 2.24) is 4.90 Å². The third-order valence-corrected chi connectivity index (χ3v) is 3.35. The largest absolute Gasteiger partial charge is 0.303 e. The smallest absolute Gasteiger partial charge is 0.124 e. The fourth-order valence-electron chi connectivity index (χ4n) is 2.25. The fourth-order valence-corrected chi connectivity index (χ4v) is 2.25. The maximum atomic E-state index is 10.5. The molecule has 0 bridgehead atoms. The lowest BCUT2D eigenvalue weighted by atomic mass is 9.86. The molecule has 1 heterocycles. The number of rotatable bonds is 4. The molecule has 82 valence electrons. The van der Waals surface area contributed by atoms with Crippen molar-refractivity contribution < 1.29 is 4.79 Å². The first-order valence-electron chi connectivity index (χ1n) is 5.81. The van der Waals surface area contributed by atoms with Crippen molar-refractivity contribution in [3.8, 4) is 0 Å². The second-order valence-electron chi connectivity index (χ2n) is 5.00. The topological polar surface area (TPSA) is 20.3 Å². The molecule has 0 aromatic carbocycles. The van der Waals surface area contributed by atoms with Crippen molar-refractivity contribution in [2.24, 2.45) is 17.8 Å². The Hall–Kier alpha value is -0.370. The van der Waals surface area contributed by atoms with Crippen LogP contribution >= 0.6 is 0 Å². The van der Waals surface area contributed by atoms with Crippen LogP contribution in [0.15, 0.2) is 0 Å². The molecule has 1 aliphatic heterocycles. The minimum absolute atomic E-state index is 0.200. The predicted octanol–water partition coefficient (Wildman–Crippen LogP) is 2.19. The zero-order chi connectivity index (χ0) is 10.6. The Kier molecular flexibility index (Phi) is 4.59. The first-order chi connectivity index (χ1) is 6.63. The van der Waals surface area contributed by atoms with E-state index in [1.54, 1.807) is 0 Å². The van der Waals surface area contributed by atoms with Crippen LogP contribution in [0.3, 0.4) is 0 Å². The number of piperidine rings is 1. The molecule has 0 aromatic rings. The van der Waals surface area contributed by atoms with E-state index in [9.17, 15) is 4.79 Å². The van der Waals surface area contributed by atoms with Gasteiger partial charge in [0.15, 0.2) is 0 Å². The summed E-state index contributed by atoms with van der Waals surface area (Å²) in [5.74, 6) is 1.92. The van der Waals surface area contributed by atoms with E-state index in [0.717, 1.165) is 24.7 Å². The highest BCUT2D eigenvalue weighted by molar-refractivity contribution is 5.52. The van der Waals surface area contributed by atoms with Gasteiger partial charge in [-0.15, -0.1) is 0 Å². The number of carbonyl (C=O) groups is 1. The average Bonchev–Trinajstić information content (AvgIpc) is 2.18. The average molecular weight is 197 g/mol. The van der Waals surface area contributed by atoms with Gasteiger partial charge in [0.25, 0.3) is 0 Å². The molecule has 0 spiro atoms. The van der Waals surface area contributed by atoms with Crippen LogP contribution < -0.4 is 0 Å². The van der Waals surface area contributed by atoms with Gasteiger partial charge >= 0.3 is 0 Å². The molecular formula is C12H23NO. The Morgan fingerprint density at radius 2 is 1.86 bits per heavy atom. The van der Waals surface area contributed by atoms with Crippen molar-refractivity contribution in [1.29, 1.82) is 0 Å². The van der Waals surface area contributed by atoms with Crippen LogP contribution in [0.4, 0.5) is 0 Å². The molecule has 1 fully saturated rings. The molecule has 2 nitrogen and oxygen atoms in total. The quantitative estimate of drug-likeness (QED) is 0.644. The van der Waals surface area contributed by atoms with Gasteiger partial charge in [0.2, 0.25) is 0 Å². The summed E-state index contributed by atoms with van der Waals surface area (Å²) < 4.78 is 0. The van der Waals surface area contributed by atoms with Gasteiger partial charge < -0.3 is 9.69 Å². The van der Waals surface area contributed by atoms with Crippen LogP contribution in [-0.4, -0.2) is 30.8 Å². The van der Waals surface area contributed by atoms with Crippen LogP contribution in [-0.2, 0) is 4.79 Å². The molecule has 1 atom stereocenters. The van der Waals surface area contributed by atoms with Crippen molar-refractivity contribution in [3.05, 3.63) is 0 Å². The minimum atomic E-state index is 0.200. The van der Waals surface area contributed by atoms with Gasteiger partial charge in [-0.05, 0) is 37.8 Å². The standard InChI is InChI=1S/C12H23NO/c1-10(2)12-4-6-13(7-5-12)8-11(3)9-14/h9-12H,4-8H2,1-3H3. The van der Waals surface area contributed by atoms with Crippen LogP contribution in [0, 0.1) is 17.8 Å². The van der Waals surface area contributed by atoms with Crippen LogP contribution in [0.5, 0.6) is 0 Å². The van der Waals surface area contributed by atoms with Gasteiger partial charge in [0, 0.05) is 12.5 Å². The number of hydrogen-bond donors (Lipinski definition) is 0. The van der Waals surface area contributed by atoms with E-state index >= 15 is 0 Å². The molecule has 1 unspecified atom stereocenters. The van der Waals surface area contributed by atoms with Gasteiger partial charge in [-0.1, -0.05) is 20.8 Å². The Morgan fingerprint density at radius 3 is 2.29 bits per heavy atom. The van der Waals surface area contributed by atoms with Gasteiger partial charge in [0.05, 0.1) is 0 Å². The van der Waals surface area contributed by atoms with Gasteiger partial charge in [-0.25, -0.2) is 0 Å². The second kappa shape index (κ2) is 5.50. The number of hydrogen-bond acceptors (Lipinski definition) is 2. The normalized spacial score (nSPS) is 22.6. The van der Waals surface area contributed by atoms with Crippen molar-refractivity contribution in [2.45, 2.75) is 33.6 Å². The summed E-state index contributed by atoms with van der Waals surface area (Å²) in [6.45, 7) is 9.95. The summed E-state index contributed by atoms with van der Waals surface area (Å²) in [6.07, 6.45) is 3.68. The van der Waals surface area contributed by atoms with E-state index in [1.807, 2.05) is 6.92 Å². The lowest BCUT2D eigenvalue weighted by Crippen LogP contribution is -2.38. The zero-order valence-corrected chi connectivity index (χ0v) is 9.70. The molecule has 0 aromatic heterocycles. The summed E-state index contributed by atoms with van der Waals surface area (Å²) in [7, 11) is 0. The fraction of sp³-hybridized carbons (Fsp3) is 0.917. The lowest BCUT2D eigenvalue weighted by molar-refractivity contribution is -0.111. The molecule has 0 radical (unpaired) electrons. The van der Waals surface area contributed by atoms with E-state index < -0.39 is 0 Å². The van der Waals surface area contributed by atoms with E-state index in [1.165, 1.54) is 25.9 Å². The molecule has 0 amide bonds.